The Labute approximate surface area is 104 Å². The second-order valence-electron chi connectivity index (χ2n) is 4.11. The summed E-state index contributed by atoms with van der Waals surface area (Å²) in [5.74, 6) is -0.571. The van der Waals surface area contributed by atoms with E-state index in [1.54, 1.807) is 13.1 Å². The Kier molecular flexibility index (Phi) is 2.82. The molecule has 18 heavy (non-hydrogen) atoms. The normalized spacial score (nSPS) is 10.6. The van der Waals surface area contributed by atoms with Crippen LogP contribution in [0.5, 0.6) is 5.75 Å². The Balaban J connectivity index is 3.02. The zero-order valence-corrected chi connectivity index (χ0v) is 10.4. The smallest absolute Gasteiger partial charge is 0.353 e. The predicted octanol–water partition coefficient (Wildman–Crippen LogP) is 2.01. The molecule has 0 aliphatic rings. The number of methoxy groups -OCH3 is 1. The second kappa shape index (κ2) is 4.18. The van der Waals surface area contributed by atoms with Crippen molar-refractivity contribution in [2.24, 2.45) is 7.05 Å². The summed E-state index contributed by atoms with van der Waals surface area (Å²) in [6.07, 6.45) is 0.574. The van der Waals surface area contributed by atoms with Crippen molar-refractivity contribution < 1.29 is 19.4 Å². The van der Waals surface area contributed by atoms with Crippen molar-refractivity contribution >= 4 is 23.2 Å². The predicted molar refractivity (Wildman–Crippen MR) is 66.6 cm³/mol. The first-order chi connectivity index (χ1) is 8.51. The maximum atomic E-state index is 11.2. The number of aromatic nitrogens is 1. The third-order valence-electron chi connectivity index (χ3n) is 2.98. The molecule has 94 valence electrons. The fourth-order valence-electron chi connectivity index (χ4n) is 2.25. The molecule has 0 aliphatic heterocycles. The molecule has 0 aliphatic carbocycles. The van der Waals surface area contributed by atoms with Gasteiger partial charge in [-0.1, -0.05) is 0 Å². The first-order valence-corrected chi connectivity index (χ1v) is 5.36. The van der Waals surface area contributed by atoms with Crippen LogP contribution in [0.25, 0.3) is 10.9 Å². The van der Waals surface area contributed by atoms with E-state index in [0.29, 0.717) is 22.9 Å². The number of hydrogen-bond acceptors (Lipinski definition) is 3. The van der Waals surface area contributed by atoms with Gasteiger partial charge in [0.2, 0.25) is 0 Å². The lowest BCUT2D eigenvalue weighted by Crippen LogP contribution is -2.07. The summed E-state index contributed by atoms with van der Waals surface area (Å²) < 4.78 is 6.72. The number of carboxylic acids is 1. The van der Waals surface area contributed by atoms with Crippen LogP contribution in [0.3, 0.4) is 0 Å². The van der Waals surface area contributed by atoms with Gasteiger partial charge >= 0.3 is 5.97 Å². The number of ether oxygens (including phenoxy) is 1. The van der Waals surface area contributed by atoms with Gasteiger partial charge in [-0.2, -0.15) is 0 Å². The van der Waals surface area contributed by atoms with Crippen LogP contribution in [0, 0.1) is 6.92 Å². The van der Waals surface area contributed by atoms with Crippen molar-refractivity contribution in [1.82, 2.24) is 4.57 Å². The third kappa shape index (κ3) is 1.55. The quantitative estimate of drug-likeness (QED) is 0.842. The van der Waals surface area contributed by atoms with Crippen molar-refractivity contribution in [2.45, 2.75) is 6.92 Å². The highest BCUT2D eigenvalue weighted by Gasteiger charge is 2.22. The summed E-state index contributed by atoms with van der Waals surface area (Å²) in [5, 5.41) is 9.79. The molecule has 0 atom stereocenters. The number of fused-ring (bicyclic) bond motifs is 1. The van der Waals surface area contributed by atoms with Crippen LogP contribution >= 0.6 is 0 Å². The molecule has 0 saturated heterocycles. The van der Waals surface area contributed by atoms with Crippen LogP contribution in [0.4, 0.5) is 0 Å². The molecule has 1 heterocycles. The van der Waals surface area contributed by atoms with Crippen LogP contribution < -0.4 is 4.74 Å². The highest BCUT2D eigenvalue weighted by molar-refractivity contribution is 6.09. The molecule has 0 radical (unpaired) electrons. The summed E-state index contributed by atoms with van der Waals surface area (Å²) in [4.78, 5) is 22.4. The SMILES string of the molecule is COc1cc(C)cc2c(C=O)c(C(=O)O)n(C)c12. The Hall–Kier alpha value is -2.30. The molecule has 0 bridgehead atoms. The molecule has 2 rings (SSSR count). The topological polar surface area (TPSA) is 68.5 Å². The van der Waals surface area contributed by atoms with Gasteiger partial charge in [0.15, 0.2) is 6.29 Å². The number of aromatic carboxylic acids is 1. The zero-order valence-electron chi connectivity index (χ0n) is 10.4. The largest absolute Gasteiger partial charge is 0.495 e. The number of hydrogen-bond donors (Lipinski definition) is 1. The maximum Gasteiger partial charge on any atom is 0.353 e. The standard InChI is InChI=1S/C13H13NO4/c1-7-4-8-9(6-15)12(13(16)17)14(2)11(8)10(5-7)18-3/h4-6H,1-3H3,(H,16,17). The molecule has 1 aromatic heterocycles. The Bertz CT molecular complexity index is 655. The first kappa shape index (κ1) is 12.2. The molecule has 1 N–H and O–H groups in total. The third-order valence-corrected chi connectivity index (χ3v) is 2.98. The molecule has 0 saturated carbocycles. The van der Waals surface area contributed by atoms with Crippen molar-refractivity contribution in [3.05, 3.63) is 29.0 Å². The number of carbonyl (C=O) groups is 2. The molecule has 1 aromatic carbocycles. The van der Waals surface area contributed by atoms with E-state index < -0.39 is 5.97 Å². The minimum atomic E-state index is -1.13. The van der Waals surface area contributed by atoms with Crippen molar-refractivity contribution in [2.75, 3.05) is 7.11 Å². The highest BCUT2D eigenvalue weighted by Crippen LogP contribution is 2.32. The lowest BCUT2D eigenvalue weighted by molar-refractivity contribution is 0.0684. The number of aldehydes is 1. The van der Waals surface area contributed by atoms with Gasteiger partial charge in [-0.25, -0.2) is 4.79 Å². The minimum Gasteiger partial charge on any atom is -0.495 e. The number of carbonyl (C=O) groups excluding carboxylic acids is 1. The average Bonchev–Trinajstić information content (AvgIpc) is 2.60. The van der Waals surface area contributed by atoms with E-state index in [9.17, 15) is 14.7 Å². The van der Waals surface area contributed by atoms with E-state index in [0.717, 1.165) is 5.56 Å². The van der Waals surface area contributed by atoms with Crippen LogP contribution in [-0.4, -0.2) is 29.0 Å². The molecule has 0 spiro atoms. The van der Waals surface area contributed by atoms with Crippen LogP contribution in [0.2, 0.25) is 0 Å². The Morgan fingerprint density at radius 3 is 2.61 bits per heavy atom. The van der Waals surface area contributed by atoms with Gasteiger partial charge < -0.3 is 14.4 Å². The Morgan fingerprint density at radius 1 is 1.44 bits per heavy atom. The monoisotopic (exact) mass is 247 g/mol. The van der Waals surface area contributed by atoms with Gasteiger partial charge in [0, 0.05) is 12.4 Å². The van der Waals surface area contributed by atoms with Crippen molar-refractivity contribution in [1.29, 1.82) is 0 Å². The fourth-order valence-corrected chi connectivity index (χ4v) is 2.25. The van der Waals surface area contributed by atoms with E-state index in [2.05, 4.69) is 0 Å². The molecule has 5 heteroatoms. The van der Waals surface area contributed by atoms with E-state index >= 15 is 0 Å². The summed E-state index contributed by atoms with van der Waals surface area (Å²) in [6, 6.07) is 3.59. The molecule has 5 nitrogen and oxygen atoms in total. The summed E-state index contributed by atoms with van der Waals surface area (Å²) >= 11 is 0. The van der Waals surface area contributed by atoms with E-state index in [-0.39, 0.29) is 11.3 Å². The lowest BCUT2D eigenvalue weighted by atomic mass is 10.1. The summed E-state index contributed by atoms with van der Waals surface area (Å²) in [7, 11) is 3.12. The van der Waals surface area contributed by atoms with Crippen molar-refractivity contribution in [3.63, 3.8) is 0 Å². The van der Waals surface area contributed by atoms with Gasteiger partial charge in [0.05, 0.1) is 18.2 Å². The van der Waals surface area contributed by atoms with Gasteiger partial charge in [-0.15, -0.1) is 0 Å². The van der Waals surface area contributed by atoms with E-state index in [1.165, 1.54) is 11.7 Å². The van der Waals surface area contributed by atoms with E-state index in [1.807, 2.05) is 13.0 Å². The number of carboxylic acid groups (broad SMARTS) is 1. The fraction of sp³-hybridized carbons (Fsp3) is 0.231. The minimum absolute atomic E-state index is 0.0242. The zero-order chi connectivity index (χ0) is 13.4. The van der Waals surface area contributed by atoms with Gasteiger partial charge in [0.25, 0.3) is 0 Å². The molecule has 0 fully saturated rings. The highest BCUT2D eigenvalue weighted by atomic mass is 16.5. The lowest BCUT2D eigenvalue weighted by Gasteiger charge is -2.06. The molecule has 0 unspecified atom stereocenters. The summed E-state index contributed by atoms with van der Waals surface area (Å²) in [5.41, 5.74) is 1.68. The van der Waals surface area contributed by atoms with Crippen molar-refractivity contribution in [3.8, 4) is 5.75 Å². The molecular weight excluding hydrogens is 234 g/mol. The van der Waals surface area contributed by atoms with Gasteiger partial charge in [-0.05, 0) is 24.6 Å². The second-order valence-corrected chi connectivity index (χ2v) is 4.11. The Morgan fingerprint density at radius 2 is 2.11 bits per heavy atom. The average molecular weight is 247 g/mol. The molecule has 0 amide bonds. The number of nitrogens with zero attached hydrogens (tertiary/aromatic N) is 1. The maximum absolute atomic E-state index is 11.2. The number of rotatable bonds is 3. The molecule has 2 aromatic rings. The van der Waals surface area contributed by atoms with E-state index in [4.69, 9.17) is 4.74 Å². The van der Waals surface area contributed by atoms with Crippen LogP contribution in [0.1, 0.15) is 26.4 Å². The molecular formula is C13H13NO4. The van der Waals surface area contributed by atoms with Gasteiger partial charge in [0.1, 0.15) is 11.4 Å². The van der Waals surface area contributed by atoms with Crippen LogP contribution in [-0.2, 0) is 7.05 Å². The number of benzene rings is 1. The first-order valence-electron chi connectivity index (χ1n) is 5.36. The summed E-state index contributed by atoms with van der Waals surface area (Å²) in [6.45, 7) is 1.87. The number of aryl methyl sites for hydroxylation is 2. The van der Waals surface area contributed by atoms with Gasteiger partial charge in [-0.3, -0.25) is 4.79 Å². The van der Waals surface area contributed by atoms with Crippen LogP contribution in [0.15, 0.2) is 12.1 Å².